The van der Waals surface area contributed by atoms with Gasteiger partial charge in [0.05, 0.1) is 18.2 Å². The van der Waals surface area contributed by atoms with Crippen molar-refractivity contribution in [3.8, 4) is 5.88 Å². The van der Waals surface area contributed by atoms with Crippen LogP contribution in [0.15, 0.2) is 35.6 Å². The second-order valence-corrected chi connectivity index (χ2v) is 6.26. The summed E-state index contributed by atoms with van der Waals surface area (Å²) < 4.78 is 12.7. The molecule has 8 heteroatoms. The van der Waals surface area contributed by atoms with Gasteiger partial charge in [-0.25, -0.2) is 4.98 Å². The summed E-state index contributed by atoms with van der Waals surface area (Å²) in [5.74, 6) is 1.37. The van der Waals surface area contributed by atoms with Gasteiger partial charge in [0.15, 0.2) is 5.96 Å². The molecule has 0 atom stereocenters. The number of ether oxygens (including phenoxy) is 2. The van der Waals surface area contributed by atoms with E-state index in [2.05, 4.69) is 15.3 Å². The molecule has 2 rings (SSSR count). The van der Waals surface area contributed by atoms with Crippen LogP contribution in [0.3, 0.4) is 0 Å². The van der Waals surface area contributed by atoms with Gasteiger partial charge in [-0.3, -0.25) is 4.99 Å². The Morgan fingerprint density at radius 1 is 1.42 bits per heavy atom. The summed E-state index contributed by atoms with van der Waals surface area (Å²) >= 11 is 6.06. The Morgan fingerprint density at radius 2 is 2.23 bits per heavy atom. The molecule has 142 valence electrons. The molecule has 0 spiro atoms. The van der Waals surface area contributed by atoms with Crippen LogP contribution >= 0.6 is 11.6 Å². The SMILES string of the molecule is CN=C(NCc1cccnc1OCCOC)N(C)Cc1cc(Cl)cn1C. The molecular weight excluding hydrogens is 354 g/mol. The summed E-state index contributed by atoms with van der Waals surface area (Å²) in [6.45, 7) is 2.23. The maximum atomic E-state index is 6.06. The summed E-state index contributed by atoms with van der Waals surface area (Å²) in [4.78, 5) is 10.7. The Balaban J connectivity index is 1.97. The molecule has 0 unspecified atom stereocenters. The number of aromatic nitrogens is 2. The molecule has 0 saturated heterocycles. The van der Waals surface area contributed by atoms with Gasteiger partial charge in [-0.1, -0.05) is 17.7 Å². The molecule has 0 amide bonds. The summed E-state index contributed by atoms with van der Waals surface area (Å²) in [6.07, 6.45) is 3.60. The van der Waals surface area contributed by atoms with Crippen molar-refractivity contribution in [2.75, 3.05) is 34.4 Å². The molecular formula is C18H26ClN5O2. The van der Waals surface area contributed by atoms with E-state index in [4.69, 9.17) is 21.1 Å². The third-order valence-electron chi connectivity index (χ3n) is 3.86. The fourth-order valence-corrected chi connectivity index (χ4v) is 2.78. The lowest BCUT2D eigenvalue weighted by molar-refractivity contribution is 0.143. The van der Waals surface area contributed by atoms with Gasteiger partial charge < -0.3 is 24.3 Å². The highest BCUT2D eigenvalue weighted by Crippen LogP contribution is 2.15. The summed E-state index contributed by atoms with van der Waals surface area (Å²) in [5.41, 5.74) is 2.06. The van der Waals surface area contributed by atoms with Crippen molar-refractivity contribution < 1.29 is 9.47 Å². The largest absolute Gasteiger partial charge is 0.475 e. The number of aryl methyl sites for hydroxylation is 1. The third kappa shape index (κ3) is 5.64. The van der Waals surface area contributed by atoms with Gasteiger partial charge in [-0.2, -0.15) is 0 Å². The standard InChI is InChI=1S/C18H26ClN5O2/c1-20-18(24(3)13-16-10-15(19)12-23(16)2)22-11-14-6-5-7-21-17(14)26-9-8-25-4/h5-7,10,12H,8-9,11,13H2,1-4H3,(H,20,22). The van der Waals surface area contributed by atoms with Crippen molar-refractivity contribution in [3.63, 3.8) is 0 Å². The van der Waals surface area contributed by atoms with Crippen LogP contribution in [0.4, 0.5) is 0 Å². The summed E-state index contributed by atoms with van der Waals surface area (Å²) in [7, 11) is 7.36. The van der Waals surface area contributed by atoms with Crippen LogP contribution in [-0.4, -0.2) is 54.8 Å². The minimum absolute atomic E-state index is 0.462. The summed E-state index contributed by atoms with van der Waals surface area (Å²) in [5, 5.41) is 4.07. The molecule has 0 aliphatic carbocycles. The van der Waals surface area contributed by atoms with Crippen LogP contribution in [0.25, 0.3) is 0 Å². The average Bonchev–Trinajstić information content (AvgIpc) is 2.94. The van der Waals surface area contributed by atoms with Crippen molar-refractivity contribution in [2.45, 2.75) is 13.1 Å². The molecule has 0 aromatic carbocycles. The topological polar surface area (TPSA) is 63.9 Å². The first-order valence-electron chi connectivity index (χ1n) is 8.33. The van der Waals surface area contributed by atoms with Gasteiger partial charge >= 0.3 is 0 Å². The monoisotopic (exact) mass is 379 g/mol. The van der Waals surface area contributed by atoms with Crippen LogP contribution in [-0.2, 0) is 24.9 Å². The van der Waals surface area contributed by atoms with E-state index in [1.54, 1.807) is 20.4 Å². The molecule has 26 heavy (non-hydrogen) atoms. The summed E-state index contributed by atoms with van der Waals surface area (Å²) in [6, 6.07) is 5.82. The van der Waals surface area contributed by atoms with E-state index in [9.17, 15) is 0 Å². The first-order chi connectivity index (χ1) is 12.5. The Labute approximate surface area is 159 Å². The van der Waals surface area contributed by atoms with Gasteiger partial charge in [0.2, 0.25) is 5.88 Å². The molecule has 7 nitrogen and oxygen atoms in total. The van der Waals surface area contributed by atoms with Gasteiger partial charge in [0, 0.05) is 58.4 Å². The lowest BCUT2D eigenvalue weighted by Crippen LogP contribution is -2.38. The minimum Gasteiger partial charge on any atom is -0.475 e. The van der Waals surface area contributed by atoms with Gasteiger partial charge in [-0.15, -0.1) is 0 Å². The zero-order valence-corrected chi connectivity index (χ0v) is 16.5. The number of halogens is 1. The number of methoxy groups -OCH3 is 1. The predicted octanol–water partition coefficient (Wildman–Crippen LogP) is 2.31. The molecule has 2 aromatic heterocycles. The Kier molecular flexibility index (Phi) is 7.74. The van der Waals surface area contributed by atoms with E-state index in [0.717, 1.165) is 22.2 Å². The van der Waals surface area contributed by atoms with Crippen molar-refractivity contribution >= 4 is 17.6 Å². The van der Waals surface area contributed by atoms with E-state index < -0.39 is 0 Å². The number of rotatable bonds is 8. The second kappa shape index (κ2) is 10.0. The van der Waals surface area contributed by atoms with Crippen LogP contribution in [0.2, 0.25) is 5.02 Å². The van der Waals surface area contributed by atoms with E-state index in [1.807, 2.05) is 48.0 Å². The molecule has 0 radical (unpaired) electrons. The maximum Gasteiger partial charge on any atom is 0.218 e. The number of hydrogen-bond acceptors (Lipinski definition) is 4. The highest BCUT2D eigenvalue weighted by atomic mass is 35.5. The average molecular weight is 380 g/mol. The Morgan fingerprint density at radius 3 is 2.88 bits per heavy atom. The van der Waals surface area contributed by atoms with Gasteiger partial charge in [-0.05, 0) is 12.1 Å². The zero-order chi connectivity index (χ0) is 18.9. The first-order valence-corrected chi connectivity index (χ1v) is 8.71. The normalized spacial score (nSPS) is 11.5. The molecule has 1 N–H and O–H groups in total. The quantitative estimate of drug-likeness (QED) is 0.433. The number of hydrogen-bond donors (Lipinski definition) is 1. The lowest BCUT2D eigenvalue weighted by Gasteiger charge is -2.22. The molecule has 0 bridgehead atoms. The number of aliphatic imine (C=N–C) groups is 1. The first kappa shape index (κ1) is 20.1. The van der Waals surface area contributed by atoms with Crippen LogP contribution < -0.4 is 10.1 Å². The van der Waals surface area contributed by atoms with Gasteiger partial charge in [0.1, 0.15) is 6.61 Å². The van der Waals surface area contributed by atoms with E-state index in [0.29, 0.717) is 32.2 Å². The van der Waals surface area contributed by atoms with Crippen molar-refractivity contribution in [2.24, 2.45) is 12.0 Å². The number of guanidine groups is 1. The van der Waals surface area contributed by atoms with E-state index in [-0.39, 0.29) is 0 Å². The van der Waals surface area contributed by atoms with Gasteiger partial charge in [0.25, 0.3) is 0 Å². The minimum atomic E-state index is 0.462. The lowest BCUT2D eigenvalue weighted by atomic mass is 10.2. The van der Waals surface area contributed by atoms with Crippen LogP contribution in [0.5, 0.6) is 5.88 Å². The van der Waals surface area contributed by atoms with Crippen molar-refractivity contribution in [1.29, 1.82) is 0 Å². The number of pyridine rings is 1. The van der Waals surface area contributed by atoms with Crippen molar-refractivity contribution in [3.05, 3.63) is 46.9 Å². The molecule has 0 aliphatic rings. The second-order valence-electron chi connectivity index (χ2n) is 5.83. The van der Waals surface area contributed by atoms with E-state index >= 15 is 0 Å². The van der Waals surface area contributed by atoms with Crippen molar-refractivity contribution in [1.82, 2.24) is 19.8 Å². The Hall–Kier alpha value is -2.25. The smallest absolute Gasteiger partial charge is 0.218 e. The Bertz CT molecular complexity index is 732. The highest BCUT2D eigenvalue weighted by molar-refractivity contribution is 6.30. The highest BCUT2D eigenvalue weighted by Gasteiger charge is 2.11. The number of nitrogens with one attached hydrogen (secondary N) is 1. The third-order valence-corrected chi connectivity index (χ3v) is 4.07. The molecule has 2 heterocycles. The molecule has 2 aromatic rings. The molecule has 0 fully saturated rings. The zero-order valence-electron chi connectivity index (χ0n) is 15.7. The maximum absolute atomic E-state index is 6.06. The molecule has 0 saturated carbocycles. The fourth-order valence-electron chi connectivity index (χ4n) is 2.51. The predicted molar refractivity (Wildman–Crippen MR) is 104 cm³/mol. The fraction of sp³-hybridized carbons (Fsp3) is 0.444. The van der Waals surface area contributed by atoms with Crippen LogP contribution in [0.1, 0.15) is 11.3 Å². The van der Waals surface area contributed by atoms with Crippen LogP contribution in [0, 0.1) is 0 Å². The molecule has 0 aliphatic heterocycles. The number of nitrogens with zero attached hydrogens (tertiary/aromatic N) is 4. The van der Waals surface area contributed by atoms with E-state index in [1.165, 1.54) is 0 Å².